The first-order valence-corrected chi connectivity index (χ1v) is 5.96. The Morgan fingerprint density at radius 1 is 1.11 bits per heavy atom. The lowest BCUT2D eigenvalue weighted by Crippen LogP contribution is -2.13. The summed E-state index contributed by atoms with van der Waals surface area (Å²) in [6.07, 6.45) is 2.56. The van der Waals surface area contributed by atoms with Crippen molar-refractivity contribution in [1.82, 2.24) is 9.97 Å². The van der Waals surface area contributed by atoms with E-state index in [-0.39, 0.29) is 24.1 Å². The van der Waals surface area contributed by atoms with Gasteiger partial charge in [0.2, 0.25) is 0 Å². The van der Waals surface area contributed by atoms with Crippen LogP contribution in [0.2, 0.25) is 5.15 Å². The van der Waals surface area contributed by atoms with Crippen LogP contribution in [0.1, 0.15) is 10.5 Å². The molecule has 0 spiro atoms. The van der Waals surface area contributed by atoms with Gasteiger partial charge in [0, 0.05) is 0 Å². The average Bonchev–Trinajstić information content (AvgIpc) is 2.45. The van der Waals surface area contributed by atoms with Crippen LogP contribution < -0.4 is 4.74 Å². The number of rotatable bonds is 5. The van der Waals surface area contributed by atoms with E-state index >= 15 is 0 Å². The lowest BCUT2D eigenvalue weighted by molar-refractivity contribution is 0.0443. The van der Waals surface area contributed by atoms with E-state index in [4.69, 9.17) is 21.1 Å². The van der Waals surface area contributed by atoms with Crippen molar-refractivity contribution in [2.75, 3.05) is 13.2 Å². The van der Waals surface area contributed by atoms with Crippen LogP contribution in [0.3, 0.4) is 0 Å². The van der Waals surface area contributed by atoms with E-state index in [1.165, 1.54) is 12.4 Å². The van der Waals surface area contributed by atoms with Gasteiger partial charge in [-0.1, -0.05) is 29.8 Å². The summed E-state index contributed by atoms with van der Waals surface area (Å²) in [5, 5.41) is 0.226. The van der Waals surface area contributed by atoms with Gasteiger partial charge in [0.1, 0.15) is 24.1 Å². The molecule has 5 nitrogen and oxygen atoms in total. The topological polar surface area (TPSA) is 61.3 Å². The fraction of sp³-hybridized carbons (Fsp3) is 0.154. The monoisotopic (exact) mass is 278 g/mol. The van der Waals surface area contributed by atoms with Gasteiger partial charge in [-0.15, -0.1) is 0 Å². The predicted octanol–water partition coefficient (Wildman–Crippen LogP) is 2.37. The molecule has 0 saturated heterocycles. The number of carbonyl (C=O) groups is 1. The van der Waals surface area contributed by atoms with Gasteiger partial charge in [0.25, 0.3) is 0 Å². The SMILES string of the molecule is O=C(OCCOc1ccccc1)c1cnc(Cl)cn1. The molecule has 0 N–H and O–H groups in total. The number of benzene rings is 1. The number of hydrogen-bond acceptors (Lipinski definition) is 5. The standard InChI is InChI=1S/C13H11ClN2O3/c14-12-9-15-11(8-16-12)13(17)19-7-6-18-10-4-2-1-3-5-10/h1-5,8-9H,6-7H2. The van der Waals surface area contributed by atoms with Gasteiger partial charge < -0.3 is 9.47 Å². The van der Waals surface area contributed by atoms with E-state index in [9.17, 15) is 4.79 Å². The molecule has 0 aliphatic carbocycles. The van der Waals surface area contributed by atoms with Crippen molar-refractivity contribution >= 4 is 17.6 Å². The van der Waals surface area contributed by atoms with Gasteiger partial charge in [-0.25, -0.2) is 14.8 Å². The Morgan fingerprint density at radius 2 is 1.89 bits per heavy atom. The van der Waals surface area contributed by atoms with Crippen molar-refractivity contribution in [2.45, 2.75) is 0 Å². The van der Waals surface area contributed by atoms with Crippen molar-refractivity contribution in [1.29, 1.82) is 0 Å². The normalized spacial score (nSPS) is 9.95. The molecule has 2 aromatic rings. The second kappa shape index (κ2) is 6.70. The molecule has 0 bridgehead atoms. The molecule has 19 heavy (non-hydrogen) atoms. The van der Waals surface area contributed by atoms with E-state index in [0.717, 1.165) is 5.75 Å². The van der Waals surface area contributed by atoms with Gasteiger partial charge in [0.05, 0.1) is 12.4 Å². The first kappa shape index (κ1) is 13.3. The smallest absolute Gasteiger partial charge is 0.358 e. The number of aromatic nitrogens is 2. The Bertz CT molecular complexity index is 531. The zero-order chi connectivity index (χ0) is 13.5. The minimum Gasteiger partial charge on any atom is -0.490 e. The Kier molecular flexibility index (Phi) is 4.69. The third-order valence-corrected chi connectivity index (χ3v) is 2.35. The highest BCUT2D eigenvalue weighted by atomic mass is 35.5. The number of halogens is 1. The van der Waals surface area contributed by atoms with E-state index in [2.05, 4.69) is 9.97 Å². The average molecular weight is 279 g/mol. The molecule has 1 heterocycles. The third kappa shape index (κ3) is 4.22. The molecule has 0 radical (unpaired) electrons. The highest BCUT2D eigenvalue weighted by molar-refractivity contribution is 6.29. The molecule has 6 heteroatoms. The highest BCUT2D eigenvalue weighted by Crippen LogP contribution is 2.08. The molecule has 0 unspecified atom stereocenters. The van der Waals surface area contributed by atoms with E-state index in [1.807, 2.05) is 30.3 Å². The Labute approximate surface area is 115 Å². The van der Waals surface area contributed by atoms with Crippen LogP contribution in [0, 0.1) is 0 Å². The molecular formula is C13H11ClN2O3. The molecule has 0 aliphatic heterocycles. The first-order chi connectivity index (χ1) is 9.25. The van der Waals surface area contributed by atoms with Crippen molar-refractivity contribution in [3.63, 3.8) is 0 Å². The molecule has 0 saturated carbocycles. The van der Waals surface area contributed by atoms with Crippen LogP contribution in [0.15, 0.2) is 42.7 Å². The molecule has 2 rings (SSSR count). The zero-order valence-electron chi connectivity index (χ0n) is 9.95. The summed E-state index contributed by atoms with van der Waals surface area (Å²) in [7, 11) is 0. The second-order valence-electron chi connectivity index (χ2n) is 3.52. The van der Waals surface area contributed by atoms with Crippen LogP contribution in [-0.4, -0.2) is 29.2 Å². The minimum atomic E-state index is -0.555. The van der Waals surface area contributed by atoms with Crippen LogP contribution in [-0.2, 0) is 4.74 Å². The van der Waals surface area contributed by atoms with Crippen LogP contribution >= 0.6 is 11.6 Å². The van der Waals surface area contributed by atoms with Gasteiger partial charge in [0.15, 0.2) is 5.69 Å². The van der Waals surface area contributed by atoms with Crippen LogP contribution in [0.5, 0.6) is 5.75 Å². The Hall–Kier alpha value is -2.14. The number of esters is 1. The van der Waals surface area contributed by atoms with Crippen LogP contribution in [0.25, 0.3) is 0 Å². The summed E-state index contributed by atoms with van der Waals surface area (Å²) in [6, 6.07) is 9.28. The lowest BCUT2D eigenvalue weighted by Gasteiger charge is -2.06. The number of ether oxygens (including phenoxy) is 2. The Morgan fingerprint density at radius 3 is 2.58 bits per heavy atom. The van der Waals surface area contributed by atoms with E-state index < -0.39 is 5.97 Å². The van der Waals surface area contributed by atoms with Gasteiger partial charge in [-0.3, -0.25) is 0 Å². The Balaban J connectivity index is 1.74. The quantitative estimate of drug-likeness (QED) is 0.621. The van der Waals surface area contributed by atoms with Crippen molar-refractivity contribution < 1.29 is 14.3 Å². The largest absolute Gasteiger partial charge is 0.490 e. The molecule has 1 aromatic carbocycles. The number of para-hydroxylation sites is 1. The van der Waals surface area contributed by atoms with Crippen molar-refractivity contribution in [2.24, 2.45) is 0 Å². The maximum absolute atomic E-state index is 11.5. The van der Waals surface area contributed by atoms with Gasteiger partial charge >= 0.3 is 5.97 Å². The number of nitrogens with zero attached hydrogens (tertiary/aromatic N) is 2. The fourth-order valence-electron chi connectivity index (χ4n) is 1.30. The summed E-state index contributed by atoms with van der Waals surface area (Å²) >= 11 is 5.57. The van der Waals surface area contributed by atoms with Gasteiger partial charge in [-0.05, 0) is 12.1 Å². The van der Waals surface area contributed by atoms with E-state index in [1.54, 1.807) is 0 Å². The maximum Gasteiger partial charge on any atom is 0.358 e. The molecule has 1 aromatic heterocycles. The molecule has 0 atom stereocenters. The first-order valence-electron chi connectivity index (χ1n) is 5.58. The lowest BCUT2D eigenvalue weighted by atomic mass is 10.3. The van der Waals surface area contributed by atoms with Crippen molar-refractivity contribution in [3.8, 4) is 5.75 Å². The minimum absolute atomic E-state index is 0.115. The highest BCUT2D eigenvalue weighted by Gasteiger charge is 2.08. The summed E-state index contributed by atoms with van der Waals surface area (Å²) in [5.74, 6) is 0.172. The number of hydrogen-bond donors (Lipinski definition) is 0. The number of carbonyl (C=O) groups excluding carboxylic acids is 1. The third-order valence-electron chi connectivity index (χ3n) is 2.16. The molecular weight excluding hydrogens is 268 g/mol. The van der Waals surface area contributed by atoms with E-state index in [0.29, 0.717) is 0 Å². The van der Waals surface area contributed by atoms with Crippen molar-refractivity contribution in [3.05, 3.63) is 53.6 Å². The summed E-state index contributed by atoms with van der Waals surface area (Å²) in [5.41, 5.74) is 0.115. The summed E-state index contributed by atoms with van der Waals surface area (Å²) in [6.45, 7) is 0.412. The second-order valence-corrected chi connectivity index (χ2v) is 3.91. The molecule has 0 amide bonds. The molecule has 98 valence electrons. The summed E-state index contributed by atoms with van der Waals surface area (Å²) < 4.78 is 10.4. The molecule has 0 aliphatic rings. The molecule has 0 fully saturated rings. The maximum atomic E-state index is 11.5. The van der Waals surface area contributed by atoms with Crippen LogP contribution in [0.4, 0.5) is 0 Å². The van der Waals surface area contributed by atoms with Gasteiger partial charge in [-0.2, -0.15) is 0 Å². The zero-order valence-corrected chi connectivity index (χ0v) is 10.7. The predicted molar refractivity (Wildman–Crippen MR) is 69.3 cm³/mol. The fourth-order valence-corrected chi connectivity index (χ4v) is 1.40. The summed E-state index contributed by atoms with van der Waals surface area (Å²) in [4.78, 5) is 19.1.